The van der Waals surface area contributed by atoms with E-state index in [4.69, 9.17) is 0 Å². The average molecular weight is 251 g/mol. The van der Waals surface area contributed by atoms with Gasteiger partial charge in [0.05, 0.1) is 18.8 Å². The molecule has 98 valence electrons. The van der Waals surface area contributed by atoms with Crippen molar-refractivity contribution in [2.24, 2.45) is 0 Å². The molecule has 7 nitrogen and oxygen atoms in total. The Hall–Kier alpha value is -1.92. The van der Waals surface area contributed by atoms with E-state index in [1.807, 2.05) is 10.9 Å². The van der Waals surface area contributed by atoms with Crippen LogP contribution in [0.1, 0.15) is 25.8 Å². The molecule has 0 saturated carbocycles. The van der Waals surface area contributed by atoms with Crippen molar-refractivity contribution in [1.82, 2.24) is 25.2 Å². The Kier molecular flexibility index (Phi) is 3.91. The molecule has 0 bridgehead atoms. The molecule has 0 atom stereocenters. The van der Waals surface area contributed by atoms with E-state index in [0.717, 1.165) is 12.8 Å². The molecular weight excluding hydrogens is 234 g/mol. The summed E-state index contributed by atoms with van der Waals surface area (Å²) in [4.78, 5) is 24.3. The fraction of sp³-hybridized carbons (Fsp3) is 0.636. The normalized spacial score (nSPS) is 16.6. The van der Waals surface area contributed by atoms with Crippen LogP contribution in [0.4, 0.5) is 0 Å². The number of carbonyl (C=O) groups is 2. The smallest absolute Gasteiger partial charge is 0.241 e. The van der Waals surface area contributed by atoms with E-state index >= 15 is 0 Å². The molecule has 7 heteroatoms. The Bertz CT molecular complexity index is 409. The van der Waals surface area contributed by atoms with Crippen LogP contribution in [-0.2, 0) is 9.59 Å². The van der Waals surface area contributed by atoms with E-state index in [1.165, 1.54) is 6.92 Å². The van der Waals surface area contributed by atoms with Gasteiger partial charge in [-0.25, -0.2) is 4.68 Å². The molecule has 1 aromatic heterocycles. The van der Waals surface area contributed by atoms with Crippen molar-refractivity contribution in [3.8, 4) is 0 Å². The van der Waals surface area contributed by atoms with E-state index in [1.54, 1.807) is 11.1 Å². The summed E-state index contributed by atoms with van der Waals surface area (Å²) in [7, 11) is 0. The van der Waals surface area contributed by atoms with Crippen LogP contribution in [0.2, 0.25) is 0 Å². The van der Waals surface area contributed by atoms with Crippen molar-refractivity contribution in [1.29, 1.82) is 0 Å². The summed E-state index contributed by atoms with van der Waals surface area (Å²) in [6.45, 7) is 2.89. The van der Waals surface area contributed by atoms with Crippen LogP contribution >= 0.6 is 0 Å². The van der Waals surface area contributed by atoms with Gasteiger partial charge in [-0.3, -0.25) is 9.59 Å². The predicted molar refractivity (Wildman–Crippen MR) is 63.6 cm³/mol. The Morgan fingerprint density at radius 1 is 1.39 bits per heavy atom. The lowest BCUT2D eigenvalue weighted by atomic mass is 10.1. The Labute approximate surface area is 105 Å². The van der Waals surface area contributed by atoms with E-state index in [-0.39, 0.29) is 18.4 Å². The van der Waals surface area contributed by atoms with E-state index in [2.05, 4.69) is 15.6 Å². The lowest BCUT2D eigenvalue weighted by Gasteiger charge is -2.31. The molecule has 18 heavy (non-hydrogen) atoms. The molecule has 1 aliphatic rings. The van der Waals surface area contributed by atoms with Crippen LogP contribution in [0.15, 0.2) is 12.4 Å². The zero-order valence-electron chi connectivity index (χ0n) is 10.4. The van der Waals surface area contributed by atoms with Gasteiger partial charge in [-0.2, -0.15) is 0 Å². The maximum atomic E-state index is 11.8. The fourth-order valence-corrected chi connectivity index (χ4v) is 2.10. The van der Waals surface area contributed by atoms with Crippen LogP contribution < -0.4 is 5.32 Å². The monoisotopic (exact) mass is 251 g/mol. The zero-order chi connectivity index (χ0) is 13.0. The molecule has 0 aromatic carbocycles. The molecule has 1 aliphatic heterocycles. The van der Waals surface area contributed by atoms with Gasteiger partial charge >= 0.3 is 0 Å². The SMILES string of the molecule is CC(=O)NCC(=O)N1CCC(n2ccnn2)CC1. The molecular formula is C11H17N5O2. The number of amides is 2. The summed E-state index contributed by atoms with van der Waals surface area (Å²) in [5, 5.41) is 10.3. The maximum Gasteiger partial charge on any atom is 0.241 e. The minimum atomic E-state index is -0.180. The summed E-state index contributed by atoms with van der Waals surface area (Å²) in [5.41, 5.74) is 0. The van der Waals surface area contributed by atoms with E-state index < -0.39 is 0 Å². The van der Waals surface area contributed by atoms with Crippen molar-refractivity contribution in [2.75, 3.05) is 19.6 Å². The van der Waals surface area contributed by atoms with Gasteiger partial charge in [0, 0.05) is 26.2 Å². The van der Waals surface area contributed by atoms with Gasteiger partial charge in [-0.05, 0) is 12.8 Å². The highest BCUT2D eigenvalue weighted by Gasteiger charge is 2.23. The zero-order valence-corrected chi connectivity index (χ0v) is 10.4. The second-order valence-corrected chi connectivity index (χ2v) is 4.40. The van der Waals surface area contributed by atoms with Gasteiger partial charge in [0.25, 0.3) is 0 Å². The van der Waals surface area contributed by atoms with Crippen molar-refractivity contribution in [3.05, 3.63) is 12.4 Å². The Balaban J connectivity index is 1.79. The first-order chi connectivity index (χ1) is 8.66. The molecule has 0 spiro atoms. The lowest BCUT2D eigenvalue weighted by molar-refractivity contribution is -0.133. The average Bonchev–Trinajstić information content (AvgIpc) is 2.90. The molecule has 0 unspecified atom stereocenters. The summed E-state index contributed by atoms with van der Waals surface area (Å²) in [5.74, 6) is -0.205. The minimum Gasteiger partial charge on any atom is -0.347 e. The first-order valence-corrected chi connectivity index (χ1v) is 6.05. The number of carbonyl (C=O) groups excluding carboxylic acids is 2. The van der Waals surface area contributed by atoms with Crippen LogP contribution in [0, 0.1) is 0 Å². The summed E-state index contributed by atoms with van der Waals surface area (Å²) < 4.78 is 1.84. The third kappa shape index (κ3) is 3.06. The number of nitrogens with zero attached hydrogens (tertiary/aromatic N) is 4. The van der Waals surface area contributed by atoms with Crippen LogP contribution in [-0.4, -0.2) is 51.3 Å². The quantitative estimate of drug-likeness (QED) is 0.791. The van der Waals surface area contributed by atoms with E-state index in [0.29, 0.717) is 19.1 Å². The van der Waals surface area contributed by atoms with Gasteiger partial charge in [-0.15, -0.1) is 5.10 Å². The lowest BCUT2D eigenvalue weighted by Crippen LogP contribution is -2.44. The molecule has 1 fully saturated rings. The van der Waals surface area contributed by atoms with Crippen LogP contribution in [0.25, 0.3) is 0 Å². The largest absolute Gasteiger partial charge is 0.347 e. The third-order valence-electron chi connectivity index (χ3n) is 3.12. The van der Waals surface area contributed by atoms with Gasteiger partial charge < -0.3 is 10.2 Å². The Morgan fingerprint density at radius 3 is 2.67 bits per heavy atom. The molecule has 1 aromatic rings. The second-order valence-electron chi connectivity index (χ2n) is 4.40. The number of aromatic nitrogens is 3. The molecule has 1 saturated heterocycles. The maximum absolute atomic E-state index is 11.8. The number of hydrogen-bond donors (Lipinski definition) is 1. The molecule has 2 rings (SSSR count). The van der Waals surface area contributed by atoms with Gasteiger partial charge in [0.15, 0.2) is 0 Å². The van der Waals surface area contributed by atoms with Crippen molar-refractivity contribution in [3.63, 3.8) is 0 Å². The number of likely N-dealkylation sites (tertiary alicyclic amines) is 1. The summed E-state index contributed by atoms with van der Waals surface area (Å²) in [6, 6.07) is 0.317. The third-order valence-corrected chi connectivity index (χ3v) is 3.12. The van der Waals surface area contributed by atoms with Crippen LogP contribution in [0.3, 0.4) is 0 Å². The minimum absolute atomic E-state index is 0.0257. The first kappa shape index (κ1) is 12.5. The number of nitrogens with one attached hydrogen (secondary N) is 1. The number of rotatable bonds is 3. The topological polar surface area (TPSA) is 80.1 Å². The van der Waals surface area contributed by atoms with Crippen LogP contribution in [0.5, 0.6) is 0 Å². The number of piperidine rings is 1. The van der Waals surface area contributed by atoms with Gasteiger partial charge in [-0.1, -0.05) is 5.21 Å². The standard InChI is InChI=1S/C11H17N5O2/c1-9(17)12-8-11(18)15-5-2-10(3-6-15)16-7-4-13-14-16/h4,7,10H,2-3,5-6,8H2,1H3,(H,12,17). The Morgan fingerprint density at radius 2 is 2.11 bits per heavy atom. The highest BCUT2D eigenvalue weighted by Crippen LogP contribution is 2.20. The highest BCUT2D eigenvalue weighted by molar-refractivity contribution is 5.83. The van der Waals surface area contributed by atoms with Gasteiger partial charge in [0.1, 0.15) is 0 Å². The van der Waals surface area contributed by atoms with Crippen molar-refractivity contribution < 1.29 is 9.59 Å². The molecule has 0 radical (unpaired) electrons. The fourth-order valence-electron chi connectivity index (χ4n) is 2.10. The van der Waals surface area contributed by atoms with Crippen molar-refractivity contribution >= 4 is 11.8 Å². The summed E-state index contributed by atoms with van der Waals surface area (Å²) in [6.07, 6.45) is 5.25. The van der Waals surface area contributed by atoms with Crippen molar-refractivity contribution in [2.45, 2.75) is 25.8 Å². The van der Waals surface area contributed by atoms with E-state index in [9.17, 15) is 9.59 Å². The first-order valence-electron chi connectivity index (χ1n) is 6.05. The molecule has 0 aliphatic carbocycles. The van der Waals surface area contributed by atoms with Gasteiger partial charge in [0.2, 0.25) is 11.8 Å². The molecule has 1 N–H and O–H groups in total. The number of hydrogen-bond acceptors (Lipinski definition) is 4. The predicted octanol–water partition coefficient (Wildman–Crippen LogP) is -0.422. The highest BCUT2D eigenvalue weighted by atomic mass is 16.2. The molecule has 2 amide bonds. The molecule has 2 heterocycles. The second kappa shape index (κ2) is 5.61. The summed E-state index contributed by atoms with van der Waals surface area (Å²) >= 11 is 0.